The predicted octanol–water partition coefficient (Wildman–Crippen LogP) is 4.02. The summed E-state index contributed by atoms with van der Waals surface area (Å²) in [5, 5.41) is 1.02. The van der Waals surface area contributed by atoms with Gasteiger partial charge in [0.05, 0.1) is 10.4 Å². The molecule has 0 spiro atoms. The molecule has 0 radical (unpaired) electrons. The number of aryl methyl sites for hydroxylation is 2. The predicted molar refractivity (Wildman–Crippen MR) is 81.5 cm³/mol. The molecule has 2 heterocycles. The van der Waals surface area contributed by atoms with E-state index in [1.54, 1.807) is 17.5 Å². The molecule has 2 nitrogen and oxygen atoms in total. The monoisotopic (exact) mass is 279 g/mol. The van der Waals surface area contributed by atoms with E-state index < -0.39 is 0 Å². The van der Waals surface area contributed by atoms with Gasteiger partial charge in [-0.25, -0.2) is 0 Å². The topological polar surface area (TPSA) is 30.0 Å². The molecule has 2 aromatic heterocycles. The van der Waals surface area contributed by atoms with Crippen LogP contribution in [-0.4, -0.2) is 10.8 Å². The van der Waals surface area contributed by atoms with E-state index in [9.17, 15) is 4.79 Å². The van der Waals surface area contributed by atoms with Gasteiger partial charge < -0.3 is 0 Å². The standard InChI is InChI=1S/C17H13NOS/c19-17(16-10-12-3-1-5-15(12)20-16)13-6-7-14-11(9-13)4-2-8-18-14/h2,4,6-10H,1,3,5H2. The Balaban J connectivity index is 1.75. The third-order valence-corrected chi connectivity index (χ3v) is 5.07. The van der Waals surface area contributed by atoms with E-state index >= 15 is 0 Å². The van der Waals surface area contributed by atoms with Crippen LogP contribution in [0.5, 0.6) is 0 Å². The van der Waals surface area contributed by atoms with Crippen molar-refractivity contribution in [2.24, 2.45) is 0 Å². The van der Waals surface area contributed by atoms with Crippen molar-refractivity contribution in [2.45, 2.75) is 19.3 Å². The fourth-order valence-electron chi connectivity index (χ4n) is 2.80. The van der Waals surface area contributed by atoms with E-state index in [1.807, 2.05) is 30.3 Å². The Morgan fingerprint density at radius 1 is 1.15 bits per heavy atom. The molecule has 0 saturated heterocycles. The van der Waals surface area contributed by atoms with Crippen LogP contribution in [0, 0.1) is 0 Å². The van der Waals surface area contributed by atoms with Gasteiger partial charge in [-0.05, 0) is 55.2 Å². The van der Waals surface area contributed by atoms with E-state index in [1.165, 1.54) is 16.9 Å². The Morgan fingerprint density at radius 3 is 3.00 bits per heavy atom. The minimum absolute atomic E-state index is 0.134. The van der Waals surface area contributed by atoms with Crippen LogP contribution in [0.15, 0.2) is 42.6 Å². The average Bonchev–Trinajstić information content (AvgIpc) is 3.07. The molecule has 0 N–H and O–H groups in total. The van der Waals surface area contributed by atoms with Crippen LogP contribution < -0.4 is 0 Å². The molecule has 4 rings (SSSR count). The lowest BCUT2D eigenvalue weighted by atomic mass is 10.1. The van der Waals surface area contributed by atoms with Crippen molar-refractivity contribution in [3.05, 3.63) is 63.5 Å². The zero-order valence-corrected chi connectivity index (χ0v) is 11.7. The summed E-state index contributed by atoms with van der Waals surface area (Å²) in [5.74, 6) is 0.134. The van der Waals surface area contributed by atoms with Crippen molar-refractivity contribution < 1.29 is 4.79 Å². The molecule has 1 aliphatic rings. The van der Waals surface area contributed by atoms with E-state index in [4.69, 9.17) is 0 Å². The number of benzene rings is 1. The lowest BCUT2D eigenvalue weighted by Gasteiger charge is -2.01. The Kier molecular flexibility index (Phi) is 2.67. The highest BCUT2D eigenvalue weighted by Crippen LogP contribution is 2.32. The van der Waals surface area contributed by atoms with Crippen molar-refractivity contribution in [3.63, 3.8) is 0 Å². The number of fused-ring (bicyclic) bond motifs is 2. The number of ketones is 1. The van der Waals surface area contributed by atoms with E-state index in [2.05, 4.69) is 11.1 Å². The third-order valence-electron chi connectivity index (χ3n) is 3.84. The van der Waals surface area contributed by atoms with Crippen molar-refractivity contribution in [3.8, 4) is 0 Å². The van der Waals surface area contributed by atoms with Crippen LogP contribution in [0.3, 0.4) is 0 Å². The normalized spacial score (nSPS) is 13.6. The maximum Gasteiger partial charge on any atom is 0.202 e. The summed E-state index contributed by atoms with van der Waals surface area (Å²) in [5.41, 5.74) is 3.06. The number of hydrogen-bond donors (Lipinski definition) is 0. The first-order valence-corrected chi connectivity index (χ1v) is 7.64. The van der Waals surface area contributed by atoms with Crippen molar-refractivity contribution in [1.82, 2.24) is 4.98 Å². The van der Waals surface area contributed by atoms with Gasteiger partial charge in [-0.15, -0.1) is 11.3 Å². The number of carbonyl (C=O) groups excluding carboxylic acids is 1. The molecule has 98 valence electrons. The number of carbonyl (C=O) groups is 1. The number of nitrogens with zero attached hydrogens (tertiary/aromatic N) is 1. The molecule has 0 fully saturated rings. The number of aromatic nitrogens is 1. The highest BCUT2D eigenvalue weighted by Gasteiger charge is 2.19. The minimum atomic E-state index is 0.134. The molecule has 1 aromatic carbocycles. The second-order valence-corrected chi connectivity index (χ2v) is 6.29. The maximum atomic E-state index is 12.6. The summed E-state index contributed by atoms with van der Waals surface area (Å²) in [6.07, 6.45) is 5.26. The summed E-state index contributed by atoms with van der Waals surface area (Å²) in [6.45, 7) is 0. The fourth-order valence-corrected chi connectivity index (χ4v) is 4.02. The zero-order chi connectivity index (χ0) is 13.5. The molecule has 0 unspecified atom stereocenters. The Labute approximate surface area is 121 Å². The molecule has 1 aliphatic carbocycles. The van der Waals surface area contributed by atoms with Gasteiger partial charge >= 0.3 is 0 Å². The Bertz CT molecular complexity index is 797. The molecular formula is C17H13NOS. The number of rotatable bonds is 2. The quantitative estimate of drug-likeness (QED) is 0.663. The van der Waals surface area contributed by atoms with Crippen LogP contribution in [-0.2, 0) is 12.8 Å². The largest absolute Gasteiger partial charge is 0.288 e. The van der Waals surface area contributed by atoms with Gasteiger partial charge in [0.1, 0.15) is 0 Å². The van der Waals surface area contributed by atoms with Gasteiger partial charge in [0.25, 0.3) is 0 Å². The fraction of sp³-hybridized carbons (Fsp3) is 0.176. The van der Waals surface area contributed by atoms with Crippen LogP contribution in [0.1, 0.15) is 32.1 Å². The highest BCUT2D eigenvalue weighted by molar-refractivity contribution is 7.14. The summed E-state index contributed by atoms with van der Waals surface area (Å²) in [4.78, 5) is 19.1. The molecule has 3 aromatic rings. The van der Waals surface area contributed by atoms with Crippen LogP contribution >= 0.6 is 11.3 Å². The van der Waals surface area contributed by atoms with Crippen LogP contribution in [0.2, 0.25) is 0 Å². The van der Waals surface area contributed by atoms with E-state index in [0.29, 0.717) is 0 Å². The first kappa shape index (κ1) is 11.8. The number of pyridine rings is 1. The molecule has 0 atom stereocenters. The Morgan fingerprint density at radius 2 is 2.10 bits per heavy atom. The van der Waals surface area contributed by atoms with Gasteiger partial charge in [-0.2, -0.15) is 0 Å². The van der Waals surface area contributed by atoms with Gasteiger partial charge in [-0.1, -0.05) is 6.07 Å². The minimum Gasteiger partial charge on any atom is -0.288 e. The van der Waals surface area contributed by atoms with Crippen molar-refractivity contribution in [1.29, 1.82) is 0 Å². The first-order chi connectivity index (χ1) is 9.81. The summed E-state index contributed by atoms with van der Waals surface area (Å²) >= 11 is 1.67. The smallest absolute Gasteiger partial charge is 0.202 e. The second kappa shape index (κ2) is 4.53. The number of thiophene rings is 1. The highest BCUT2D eigenvalue weighted by atomic mass is 32.1. The average molecular weight is 279 g/mol. The summed E-state index contributed by atoms with van der Waals surface area (Å²) in [6, 6.07) is 11.7. The summed E-state index contributed by atoms with van der Waals surface area (Å²) < 4.78 is 0. The van der Waals surface area contributed by atoms with E-state index in [0.717, 1.165) is 34.2 Å². The van der Waals surface area contributed by atoms with Crippen molar-refractivity contribution in [2.75, 3.05) is 0 Å². The molecule has 0 aliphatic heterocycles. The van der Waals surface area contributed by atoms with Crippen LogP contribution in [0.4, 0.5) is 0 Å². The van der Waals surface area contributed by atoms with Gasteiger partial charge in [-0.3, -0.25) is 9.78 Å². The number of hydrogen-bond acceptors (Lipinski definition) is 3. The van der Waals surface area contributed by atoms with Crippen molar-refractivity contribution >= 4 is 28.0 Å². The molecular weight excluding hydrogens is 266 g/mol. The third kappa shape index (κ3) is 1.86. The molecule has 3 heteroatoms. The SMILES string of the molecule is O=C(c1ccc2ncccc2c1)c1cc2c(s1)CCC2. The second-order valence-electron chi connectivity index (χ2n) is 5.15. The molecule has 0 bridgehead atoms. The molecule has 0 amide bonds. The lowest BCUT2D eigenvalue weighted by molar-refractivity contribution is 0.104. The molecule has 20 heavy (non-hydrogen) atoms. The Hall–Kier alpha value is -2.00. The van der Waals surface area contributed by atoms with Crippen LogP contribution in [0.25, 0.3) is 10.9 Å². The molecule has 0 saturated carbocycles. The first-order valence-electron chi connectivity index (χ1n) is 6.82. The zero-order valence-electron chi connectivity index (χ0n) is 10.9. The maximum absolute atomic E-state index is 12.6. The van der Waals surface area contributed by atoms with Gasteiger partial charge in [0.15, 0.2) is 0 Å². The van der Waals surface area contributed by atoms with Gasteiger partial charge in [0, 0.05) is 22.0 Å². The van der Waals surface area contributed by atoms with E-state index in [-0.39, 0.29) is 5.78 Å². The lowest BCUT2D eigenvalue weighted by Crippen LogP contribution is -1.98. The van der Waals surface area contributed by atoms with Gasteiger partial charge in [0.2, 0.25) is 5.78 Å². The summed E-state index contributed by atoms with van der Waals surface area (Å²) in [7, 11) is 0.